The second-order valence-electron chi connectivity index (χ2n) is 3.51. The van der Waals surface area contributed by atoms with E-state index in [0.717, 1.165) is 16.7 Å². The summed E-state index contributed by atoms with van der Waals surface area (Å²) >= 11 is 5.88. The van der Waals surface area contributed by atoms with Crippen LogP contribution < -0.4 is 0 Å². The van der Waals surface area contributed by atoms with E-state index >= 15 is 0 Å². The highest BCUT2D eigenvalue weighted by atomic mass is 35.5. The number of aromatic hydroxyl groups is 1. The van der Waals surface area contributed by atoms with Gasteiger partial charge in [0, 0.05) is 6.42 Å². The molecular weight excluding hydrogens is 200 g/mol. The molecule has 0 unspecified atom stereocenters. The number of carbonyl (C=O) groups is 1. The summed E-state index contributed by atoms with van der Waals surface area (Å²) in [4.78, 5) is 11.0. The Morgan fingerprint density at radius 3 is 2.57 bits per heavy atom. The van der Waals surface area contributed by atoms with E-state index in [1.54, 1.807) is 13.0 Å². The fraction of sp³-hybridized carbons (Fsp3) is 0.364. The number of hydrogen-bond donors (Lipinski definition) is 1. The van der Waals surface area contributed by atoms with Gasteiger partial charge < -0.3 is 5.11 Å². The average molecular weight is 213 g/mol. The molecular formula is C11H13ClO2. The van der Waals surface area contributed by atoms with E-state index in [2.05, 4.69) is 0 Å². The van der Waals surface area contributed by atoms with E-state index < -0.39 is 0 Å². The van der Waals surface area contributed by atoms with Crippen molar-refractivity contribution in [1.82, 2.24) is 0 Å². The van der Waals surface area contributed by atoms with Crippen LogP contribution in [0.3, 0.4) is 0 Å². The zero-order valence-electron chi connectivity index (χ0n) is 8.52. The van der Waals surface area contributed by atoms with Gasteiger partial charge >= 0.3 is 0 Å². The van der Waals surface area contributed by atoms with E-state index in [1.165, 1.54) is 0 Å². The lowest BCUT2D eigenvalue weighted by Gasteiger charge is -2.11. The van der Waals surface area contributed by atoms with Gasteiger partial charge in [-0.1, -0.05) is 11.6 Å². The van der Waals surface area contributed by atoms with Crippen molar-refractivity contribution < 1.29 is 9.90 Å². The highest BCUT2D eigenvalue weighted by Gasteiger charge is 2.12. The number of ketones is 1. The van der Waals surface area contributed by atoms with Crippen LogP contribution in [0.25, 0.3) is 0 Å². The molecule has 2 nitrogen and oxygen atoms in total. The molecule has 0 aliphatic heterocycles. The zero-order chi connectivity index (χ0) is 10.9. The lowest BCUT2D eigenvalue weighted by atomic mass is 9.98. The summed E-state index contributed by atoms with van der Waals surface area (Å²) in [6.45, 7) is 5.22. The number of carbonyl (C=O) groups excluding carboxylic acids is 1. The van der Waals surface area contributed by atoms with Gasteiger partial charge in [0.1, 0.15) is 11.5 Å². The Morgan fingerprint density at radius 1 is 1.50 bits per heavy atom. The van der Waals surface area contributed by atoms with Crippen LogP contribution in [0.4, 0.5) is 0 Å². The molecule has 0 aliphatic carbocycles. The molecule has 0 fully saturated rings. The van der Waals surface area contributed by atoms with Crippen LogP contribution in [0, 0.1) is 13.8 Å². The molecule has 0 spiro atoms. The second-order valence-corrected chi connectivity index (χ2v) is 3.89. The Labute approximate surface area is 88.5 Å². The molecule has 76 valence electrons. The summed E-state index contributed by atoms with van der Waals surface area (Å²) in [5.41, 5.74) is 2.61. The summed E-state index contributed by atoms with van der Waals surface area (Å²) in [5.74, 6) is 0.173. The third-order valence-corrected chi connectivity index (χ3v) is 2.74. The van der Waals surface area contributed by atoms with E-state index in [1.807, 2.05) is 13.8 Å². The summed E-state index contributed by atoms with van der Waals surface area (Å²) in [5, 5.41) is 9.76. The van der Waals surface area contributed by atoms with E-state index in [-0.39, 0.29) is 11.5 Å². The van der Waals surface area contributed by atoms with Crippen LogP contribution in [-0.2, 0) is 11.2 Å². The van der Waals surface area contributed by atoms with Crippen molar-refractivity contribution in [3.05, 3.63) is 27.8 Å². The molecule has 0 aliphatic rings. The molecule has 1 N–H and O–H groups in total. The Morgan fingerprint density at radius 2 is 2.07 bits per heavy atom. The molecule has 0 heterocycles. The maximum Gasteiger partial charge on any atom is 0.134 e. The largest absolute Gasteiger partial charge is 0.506 e. The highest BCUT2D eigenvalue weighted by Crippen LogP contribution is 2.31. The zero-order valence-corrected chi connectivity index (χ0v) is 9.27. The smallest absolute Gasteiger partial charge is 0.134 e. The van der Waals surface area contributed by atoms with Crippen molar-refractivity contribution in [2.45, 2.75) is 27.2 Å². The summed E-state index contributed by atoms with van der Waals surface area (Å²) in [7, 11) is 0. The van der Waals surface area contributed by atoms with Crippen molar-refractivity contribution in [2.24, 2.45) is 0 Å². The van der Waals surface area contributed by atoms with Gasteiger partial charge in [-0.05, 0) is 43.5 Å². The molecule has 0 bridgehead atoms. The van der Waals surface area contributed by atoms with Gasteiger partial charge in [-0.2, -0.15) is 0 Å². The van der Waals surface area contributed by atoms with Gasteiger partial charge in [0.05, 0.1) is 5.02 Å². The average Bonchev–Trinajstić information content (AvgIpc) is 2.09. The quantitative estimate of drug-likeness (QED) is 0.819. The van der Waals surface area contributed by atoms with Crippen LogP contribution in [0.15, 0.2) is 6.07 Å². The minimum Gasteiger partial charge on any atom is -0.506 e. The molecule has 0 radical (unpaired) electrons. The summed E-state index contributed by atoms with van der Waals surface area (Å²) in [6, 6.07) is 1.59. The van der Waals surface area contributed by atoms with Gasteiger partial charge in [0.15, 0.2) is 0 Å². The second kappa shape index (κ2) is 4.01. The first-order valence-corrected chi connectivity index (χ1v) is 4.78. The third kappa shape index (κ3) is 2.07. The van der Waals surface area contributed by atoms with E-state index in [9.17, 15) is 9.90 Å². The maximum atomic E-state index is 11.0. The lowest BCUT2D eigenvalue weighted by Crippen LogP contribution is -2.02. The number of phenolic OH excluding ortho intramolecular Hbond substituents is 1. The fourth-order valence-electron chi connectivity index (χ4n) is 1.50. The van der Waals surface area contributed by atoms with Gasteiger partial charge in [-0.25, -0.2) is 0 Å². The summed E-state index contributed by atoms with van der Waals surface area (Å²) in [6.07, 6.45) is 0.373. The molecule has 0 atom stereocenters. The number of benzene rings is 1. The van der Waals surface area contributed by atoms with Crippen LogP contribution in [-0.4, -0.2) is 10.9 Å². The van der Waals surface area contributed by atoms with Crippen molar-refractivity contribution >= 4 is 17.4 Å². The standard InChI is InChI=1S/C11H13ClO2/c1-6-4-10(14)11(12)8(3)9(6)5-7(2)13/h4,14H,5H2,1-3H3. The molecule has 0 saturated heterocycles. The molecule has 0 amide bonds. The number of halogens is 1. The third-order valence-electron chi connectivity index (χ3n) is 2.26. The van der Waals surface area contributed by atoms with Crippen LogP contribution >= 0.6 is 11.6 Å². The highest BCUT2D eigenvalue weighted by molar-refractivity contribution is 6.32. The van der Waals surface area contributed by atoms with Crippen LogP contribution in [0.2, 0.25) is 5.02 Å². The molecule has 1 aromatic carbocycles. The van der Waals surface area contributed by atoms with E-state index in [0.29, 0.717) is 11.4 Å². The maximum absolute atomic E-state index is 11.0. The molecule has 14 heavy (non-hydrogen) atoms. The van der Waals surface area contributed by atoms with E-state index in [4.69, 9.17) is 11.6 Å². The fourth-order valence-corrected chi connectivity index (χ4v) is 1.67. The topological polar surface area (TPSA) is 37.3 Å². The van der Waals surface area contributed by atoms with Gasteiger partial charge in [0.25, 0.3) is 0 Å². The van der Waals surface area contributed by atoms with Gasteiger partial charge in [-0.3, -0.25) is 4.79 Å². The first-order chi connectivity index (χ1) is 6.43. The Bertz CT molecular complexity index is 383. The number of phenols is 1. The number of aryl methyl sites for hydroxylation is 1. The summed E-state index contributed by atoms with van der Waals surface area (Å²) < 4.78 is 0. The Balaban J connectivity index is 3.29. The molecule has 1 rings (SSSR count). The minimum atomic E-state index is 0.0777. The molecule has 3 heteroatoms. The lowest BCUT2D eigenvalue weighted by molar-refractivity contribution is -0.116. The van der Waals surface area contributed by atoms with Crippen LogP contribution in [0.5, 0.6) is 5.75 Å². The van der Waals surface area contributed by atoms with Crippen molar-refractivity contribution in [3.63, 3.8) is 0 Å². The van der Waals surface area contributed by atoms with Crippen LogP contribution in [0.1, 0.15) is 23.6 Å². The SMILES string of the molecule is CC(=O)Cc1c(C)cc(O)c(Cl)c1C. The van der Waals surface area contributed by atoms with Crippen molar-refractivity contribution in [2.75, 3.05) is 0 Å². The number of hydrogen-bond acceptors (Lipinski definition) is 2. The normalized spacial score (nSPS) is 10.3. The Kier molecular flexibility index (Phi) is 3.17. The molecule has 1 aromatic rings. The Hall–Kier alpha value is -1.02. The first-order valence-electron chi connectivity index (χ1n) is 4.40. The molecule has 0 aromatic heterocycles. The van der Waals surface area contributed by atoms with Crippen molar-refractivity contribution in [1.29, 1.82) is 0 Å². The molecule has 0 saturated carbocycles. The number of Topliss-reactive ketones (excluding diaryl/α,β-unsaturated/α-hetero) is 1. The predicted octanol–water partition coefficient (Wildman–Crippen LogP) is 2.79. The van der Waals surface area contributed by atoms with Gasteiger partial charge in [-0.15, -0.1) is 0 Å². The van der Waals surface area contributed by atoms with Crippen molar-refractivity contribution in [3.8, 4) is 5.75 Å². The number of rotatable bonds is 2. The van der Waals surface area contributed by atoms with Gasteiger partial charge in [0.2, 0.25) is 0 Å². The minimum absolute atomic E-state index is 0.0777. The monoisotopic (exact) mass is 212 g/mol. The first kappa shape index (κ1) is 11.1. The predicted molar refractivity (Wildman–Crippen MR) is 57.0 cm³/mol.